The van der Waals surface area contributed by atoms with Gasteiger partial charge in [-0.05, 0) is 30.4 Å². The number of hydrogen-bond acceptors (Lipinski definition) is 4. The molecule has 0 fully saturated rings. The van der Waals surface area contributed by atoms with Gasteiger partial charge >= 0.3 is 0 Å². The monoisotopic (exact) mass is 353 g/mol. The summed E-state index contributed by atoms with van der Waals surface area (Å²) in [5.74, 6) is -0.312. The molecule has 7 heteroatoms. The van der Waals surface area contributed by atoms with Crippen LogP contribution in [-0.2, 0) is 0 Å². The van der Waals surface area contributed by atoms with E-state index in [-0.39, 0.29) is 22.1 Å². The van der Waals surface area contributed by atoms with Gasteiger partial charge in [-0.3, -0.25) is 20.0 Å². The van der Waals surface area contributed by atoms with Crippen LogP contribution in [0.25, 0.3) is 17.3 Å². The summed E-state index contributed by atoms with van der Waals surface area (Å²) in [6.45, 7) is 0. The molecule has 0 saturated heterocycles. The van der Waals surface area contributed by atoms with Crippen molar-refractivity contribution >= 4 is 29.1 Å². The van der Waals surface area contributed by atoms with Gasteiger partial charge < -0.3 is 0 Å². The minimum atomic E-state index is -0.595. The summed E-state index contributed by atoms with van der Waals surface area (Å²) in [6.07, 6.45) is 2.96. The second kappa shape index (κ2) is 7.11. The van der Waals surface area contributed by atoms with E-state index >= 15 is 0 Å². The summed E-state index contributed by atoms with van der Waals surface area (Å²) in [5, 5.41) is 17.7. The molecule has 124 valence electrons. The quantitative estimate of drug-likeness (QED) is 0.316. The maximum Gasteiger partial charge on any atom is 0.287 e. The summed E-state index contributed by atoms with van der Waals surface area (Å²) in [5.41, 5.74) is 2.44. The predicted octanol–water partition coefficient (Wildman–Crippen LogP) is 4.53. The van der Waals surface area contributed by atoms with Crippen molar-refractivity contribution in [3.8, 4) is 11.3 Å². The third kappa shape index (κ3) is 3.81. The highest BCUT2D eigenvalue weighted by Crippen LogP contribution is 2.25. The smallest absolute Gasteiger partial charge is 0.287 e. The number of carbonyl (C=O) groups is 1. The lowest BCUT2D eigenvalue weighted by Gasteiger charge is -1.98. The number of benzene rings is 2. The molecule has 2 aromatic carbocycles. The summed E-state index contributed by atoms with van der Waals surface area (Å²) < 4.78 is 0. The number of carbonyl (C=O) groups excluding carboxylic acids is 1. The van der Waals surface area contributed by atoms with Crippen LogP contribution in [0.4, 0.5) is 5.69 Å². The van der Waals surface area contributed by atoms with Crippen LogP contribution in [0, 0.1) is 10.1 Å². The normalized spacial score (nSPS) is 10.9. The highest BCUT2D eigenvalue weighted by Gasteiger charge is 2.14. The van der Waals surface area contributed by atoms with Crippen molar-refractivity contribution in [3.63, 3.8) is 0 Å². The Balaban J connectivity index is 1.76. The summed E-state index contributed by atoms with van der Waals surface area (Å²) in [6, 6.07) is 15.3. The zero-order chi connectivity index (χ0) is 17.8. The van der Waals surface area contributed by atoms with E-state index in [0.29, 0.717) is 5.69 Å². The molecule has 6 nitrogen and oxygen atoms in total. The number of nitro groups is 1. The largest absolute Gasteiger partial charge is 0.289 e. The first-order valence-corrected chi connectivity index (χ1v) is 7.69. The lowest BCUT2D eigenvalue weighted by atomic mass is 10.1. The number of ketones is 1. The number of hydrogen-bond donors (Lipinski definition) is 1. The Labute approximate surface area is 147 Å². The molecule has 1 heterocycles. The van der Waals surface area contributed by atoms with Crippen LogP contribution < -0.4 is 0 Å². The summed E-state index contributed by atoms with van der Waals surface area (Å²) in [7, 11) is 0. The Hall–Kier alpha value is -3.25. The maximum atomic E-state index is 12.2. The van der Waals surface area contributed by atoms with Crippen LogP contribution in [0.2, 0.25) is 5.02 Å². The van der Waals surface area contributed by atoms with Crippen LogP contribution in [0.3, 0.4) is 0 Å². The molecule has 0 saturated carbocycles. The molecule has 0 bridgehead atoms. The van der Waals surface area contributed by atoms with E-state index < -0.39 is 4.92 Å². The minimum absolute atomic E-state index is 0.0721. The molecular formula is C18H12ClN3O3. The molecule has 25 heavy (non-hydrogen) atoms. The molecule has 1 aromatic heterocycles. The van der Waals surface area contributed by atoms with Crippen LogP contribution in [-0.4, -0.2) is 20.9 Å². The molecule has 0 unspecified atom stereocenters. The van der Waals surface area contributed by atoms with Gasteiger partial charge in [0, 0.05) is 17.2 Å². The fraction of sp³-hybridized carbons (Fsp3) is 0. The van der Waals surface area contributed by atoms with Gasteiger partial charge in [0.25, 0.3) is 5.69 Å². The van der Waals surface area contributed by atoms with Gasteiger partial charge in [-0.2, -0.15) is 5.10 Å². The van der Waals surface area contributed by atoms with Gasteiger partial charge in [0.15, 0.2) is 5.78 Å². The number of nitro benzene ring substituents is 1. The second-order valence-corrected chi connectivity index (χ2v) is 5.60. The molecule has 0 aliphatic rings. The van der Waals surface area contributed by atoms with Crippen molar-refractivity contribution in [2.75, 3.05) is 0 Å². The van der Waals surface area contributed by atoms with E-state index in [1.54, 1.807) is 6.08 Å². The predicted molar refractivity (Wildman–Crippen MR) is 95.5 cm³/mol. The number of halogens is 1. The number of nitrogens with zero attached hydrogens (tertiary/aromatic N) is 2. The Bertz CT molecular complexity index is 965. The van der Waals surface area contributed by atoms with Gasteiger partial charge in [-0.1, -0.05) is 41.9 Å². The second-order valence-electron chi connectivity index (χ2n) is 5.20. The average molecular weight is 354 g/mol. The fourth-order valence-electron chi connectivity index (χ4n) is 2.25. The van der Waals surface area contributed by atoms with Crippen molar-refractivity contribution in [1.29, 1.82) is 0 Å². The molecule has 0 spiro atoms. The number of allylic oxidation sites excluding steroid dienone is 1. The molecule has 3 aromatic rings. The van der Waals surface area contributed by atoms with E-state index in [0.717, 1.165) is 11.3 Å². The zero-order valence-electron chi connectivity index (χ0n) is 12.8. The van der Waals surface area contributed by atoms with Crippen LogP contribution in [0.5, 0.6) is 0 Å². The van der Waals surface area contributed by atoms with Crippen molar-refractivity contribution in [3.05, 3.63) is 87.1 Å². The lowest BCUT2D eigenvalue weighted by Crippen LogP contribution is -1.96. The number of aromatic nitrogens is 2. The lowest BCUT2D eigenvalue weighted by molar-refractivity contribution is -0.384. The van der Waals surface area contributed by atoms with Gasteiger partial charge in [-0.15, -0.1) is 0 Å². The third-order valence-electron chi connectivity index (χ3n) is 3.51. The highest BCUT2D eigenvalue weighted by molar-refractivity contribution is 6.33. The standard InChI is InChI=1S/C18H12ClN3O3/c19-15-10-13(6-8-17(15)22(24)25)18(23)9-7-14-11-16(21-20-14)12-4-2-1-3-5-12/h1-11H,(H,20,21). The minimum Gasteiger partial charge on any atom is -0.289 e. The van der Waals surface area contributed by atoms with Gasteiger partial charge in [0.1, 0.15) is 5.02 Å². The number of nitrogens with one attached hydrogen (secondary N) is 1. The first-order valence-electron chi connectivity index (χ1n) is 7.32. The number of H-pyrrole nitrogens is 1. The van der Waals surface area contributed by atoms with E-state index in [4.69, 9.17) is 11.6 Å². The van der Waals surface area contributed by atoms with Crippen LogP contribution in [0.15, 0.2) is 60.7 Å². The molecule has 0 amide bonds. The van der Waals surface area contributed by atoms with E-state index in [1.807, 2.05) is 36.4 Å². The van der Waals surface area contributed by atoms with Crippen molar-refractivity contribution in [2.45, 2.75) is 0 Å². The Kier molecular flexibility index (Phi) is 4.72. The molecular weight excluding hydrogens is 342 g/mol. The SMILES string of the molecule is O=C(C=Cc1cc(-c2ccccc2)n[nH]1)c1ccc([N+](=O)[O-])c(Cl)c1. The molecule has 0 radical (unpaired) electrons. The van der Waals surface area contributed by atoms with E-state index in [2.05, 4.69) is 10.2 Å². The van der Waals surface area contributed by atoms with Crippen LogP contribution >= 0.6 is 11.6 Å². The zero-order valence-corrected chi connectivity index (χ0v) is 13.6. The van der Waals surface area contributed by atoms with Crippen LogP contribution in [0.1, 0.15) is 16.1 Å². The first-order chi connectivity index (χ1) is 12.0. The molecule has 0 atom stereocenters. The summed E-state index contributed by atoms with van der Waals surface area (Å²) >= 11 is 5.82. The van der Waals surface area contributed by atoms with E-state index in [9.17, 15) is 14.9 Å². The molecule has 1 N–H and O–H groups in total. The number of aromatic amines is 1. The maximum absolute atomic E-state index is 12.2. The Morgan fingerprint density at radius 1 is 1.16 bits per heavy atom. The highest BCUT2D eigenvalue weighted by atomic mass is 35.5. The van der Waals surface area contributed by atoms with Crippen molar-refractivity contribution in [1.82, 2.24) is 10.2 Å². The van der Waals surface area contributed by atoms with E-state index in [1.165, 1.54) is 24.3 Å². The third-order valence-corrected chi connectivity index (χ3v) is 3.81. The fourth-order valence-corrected chi connectivity index (χ4v) is 2.50. The molecule has 3 rings (SSSR count). The van der Waals surface area contributed by atoms with Crippen molar-refractivity contribution in [2.24, 2.45) is 0 Å². The van der Waals surface area contributed by atoms with Gasteiger partial charge in [0.05, 0.1) is 16.3 Å². The molecule has 0 aliphatic carbocycles. The first kappa shape index (κ1) is 16.6. The molecule has 0 aliphatic heterocycles. The number of rotatable bonds is 5. The summed E-state index contributed by atoms with van der Waals surface area (Å²) in [4.78, 5) is 22.3. The topological polar surface area (TPSA) is 88.9 Å². The van der Waals surface area contributed by atoms with Crippen molar-refractivity contribution < 1.29 is 9.72 Å². The average Bonchev–Trinajstić information content (AvgIpc) is 3.09. The van der Waals surface area contributed by atoms with Gasteiger partial charge in [0.2, 0.25) is 0 Å². The Morgan fingerprint density at radius 3 is 2.60 bits per heavy atom. The Morgan fingerprint density at radius 2 is 1.92 bits per heavy atom. The van der Waals surface area contributed by atoms with Gasteiger partial charge in [-0.25, -0.2) is 0 Å².